The van der Waals surface area contributed by atoms with E-state index in [0.717, 1.165) is 22.1 Å². The molecule has 1 fully saturated rings. The van der Waals surface area contributed by atoms with Crippen LogP contribution in [-0.4, -0.2) is 18.5 Å². The standard InChI is InChI=1S/C12H15ClO2S/c1-15-12(5-2-6-12)8-9(14)7-10-3-4-11(13)16-10/h3-4H,2,5-8H2,1H3. The first-order chi connectivity index (χ1) is 7.63. The molecule has 0 N–H and O–H groups in total. The van der Waals surface area contributed by atoms with E-state index in [2.05, 4.69) is 0 Å². The second-order valence-electron chi connectivity index (χ2n) is 4.34. The molecule has 4 heteroatoms. The van der Waals surface area contributed by atoms with E-state index in [9.17, 15) is 4.79 Å². The molecule has 0 spiro atoms. The van der Waals surface area contributed by atoms with Crippen LogP contribution in [-0.2, 0) is 16.0 Å². The van der Waals surface area contributed by atoms with Gasteiger partial charge in [0, 0.05) is 24.8 Å². The topological polar surface area (TPSA) is 26.3 Å². The smallest absolute Gasteiger partial charge is 0.140 e. The lowest BCUT2D eigenvalue weighted by atomic mass is 9.76. The van der Waals surface area contributed by atoms with Crippen LogP contribution in [0.3, 0.4) is 0 Å². The van der Waals surface area contributed by atoms with E-state index in [1.54, 1.807) is 7.11 Å². The number of Topliss-reactive ketones (excluding diaryl/α,β-unsaturated/α-hetero) is 1. The maximum atomic E-state index is 11.9. The quantitative estimate of drug-likeness (QED) is 0.808. The van der Waals surface area contributed by atoms with Crippen molar-refractivity contribution < 1.29 is 9.53 Å². The highest BCUT2D eigenvalue weighted by Crippen LogP contribution is 2.38. The number of halogens is 1. The molecule has 0 aromatic carbocycles. The van der Waals surface area contributed by atoms with Crippen molar-refractivity contribution in [3.8, 4) is 0 Å². The Morgan fingerprint density at radius 2 is 2.31 bits per heavy atom. The van der Waals surface area contributed by atoms with E-state index in [4.69, 9.17) is 16.3 Å². The van der Waals surface area contributed by atoms with Crippen LogP contribution in [0.25, 0.3) is 0 Å². The molecule has 0 radical (unpaired) electrons. The Morgan fingerprint density at radius 1 is 1.56 bits per heavy atom. The average molecular weight is 259 g/mol. The second-order valence-corrected chi connectivity index (χ2v) is 6.14. The third-order valence-electron chi connectivity index (χ3n) is 3.22. The first kappa shape index (κ1) is 12.1. The molecule has 2 nitrogen and oxygen atoms in total. The largest absolute Gasteiger partial charge is 0.378 e. The van der Waals surface area contributed by atoms with E-state index in [1.165, 1.54) is 17.8 Å². The minimum atomic E-state index is -0.155. The lowest BCUT2D eigenvalue weighted by molar-refractivity contribution is -0.131. The van der Waals surface area contributed by atoms with Gasteiger partial charge in [-0.1, -0.05) is 11.6 Å². The lowest BCUT2D eigenvalue weighted by Gasteiger charge is -2.40. The number of ether oxygens (including phenoxy) is 1. The summed E-state index contributed by atoms with van der Waals surface area (Å²) in [6.45, 7) is 0. The van der Waals surface area contributed by atoms with Crippen molar-refractivity contribution in [3.05, 3.63) is 21.3 Å². The fourth-order valence-electron chi connectivity index (χ4n) is 2.09. The summed E-state index contributed by atoms with van der Waals surface area (Å²) >= 11 is 7.30. The zero-order valence-electron chi connectivity index (χ0n) is 9.29. The van der Waals surface area contributed by atoms with Gasteiger partial charge in [0.25, 0.3) is 0 Å². The normalized spacial score (nSPS) is 18.1. The number of carbonyl (C=O) groups is 1. The van der Waals surface area contributed by atoms with Crippen molar-refractivity contribution in [2.24, 2.45) is 0 Å². The van der Waals surface area contributed by atoms with Gasteiger partial charge in [-0.05, 0) is 31.4 Å². The summed E-state index contributed by atoms with van der Waals surface area (Å²) in [6, 6.07) is 3.76. The van der Waals surface area contributed by atoms with Gasteiger partial charge < -0.3 is 4.74 Å². The van der Waals surface area contributed by atoms with Gasteiger partial charge in [0.1, 0.15) is 5.78 Å². The minimum Gasteiger partial charge on any atom is -0.378 e. The van der Waals surface area contributed by atoms with Crippen LogP contribution < -0.4 is 0 Å². The Kier molecular flexibility index (Phi) is 3.67. The zero-order chi connectivity index (χ0) is 11.6. The fourth-order valence-corrected chi connectivity index (χ4v) is 3.20. The van der Waals surface area contributed by atoms with Crippen LogP contribution >= 0.6 is 22.9 Å². The zero-order valence-corrected chi connectivity index (χ0v) is 10.9. The Morgan fingerprint density at radius 3 is 2.75 bits per heavy atom. The summed E-state index contributed by atoms with van der Waals surface area (Å²) in [4.78, 5) is 12.9. The van der Waals surface area contributed by atoms with Crippen molar-refractivity contribution in [2.75, 3.05) is 7.11 Å². The Balaban J connectivity index is 1.89. The summed E-state index contributed by atoms with van der Waals surface area (Å²) in [7, 11) is 1.70. The maximum absolute atomic E-state index is 11.9. The van der Waals surface area contributed by atoms with E-state index >= 15 is 0 Å². The average Bonchev–Trinajstić information content (AvgIpc) is 2.57. The first-order valence-corrected chi connectivity index (χ1v) is 6.64. The molecule has 0 bridgehead atoms. The van der Waals surface area contributed by atoms with Gasteiger partial charge >= 0.3 is 0 Å². The Hall–Kier alpha value is -0.380. The van der Waals surface area contributed by atoms with Crippen molar-refractivity contribution in [3.63, 3.8) is 0 Å². The summed E-state index contributed by atoms with van der Waals surface area (Å²) < 4.78 is 6.19. The highest BCUT2D eigenvalue weighted by Gasteiger charge is 2.38. The van der Waals surface area contributed by atoms with Crippen molar-refractivity contribution in [2.45, 2.75) is 37.7 Å². The van der Waals surface area contributed by atoms with Crippen molar-refractivity contribution in [1.29, 1.82) is 0 Å². The Bertz CT molecular complexity index is 377. The summed E-state index contributed by atoms with van der Waals surface area (Å²) in [5, 5.41) is 0. The molecule has 0 aliphatic heterocycles. The summed E-state index contributed by atoms with van der Waals surface area (Å²) in [5.74, 6) is 0.250. The van der Waals surface area contributed by atoms with E-state index in [1.807, 2.05) is 12.1 Å². The van der Waals surface area contributed by atoms with Crippen LogP contribution in [0.5, 0.6) is 0 Å². The number of hydrogen-bond donors (Lipinski definition) is 0. The highest BCUT2D eigenvalue weighted by atomic mass is 35.5. The molecular weight excluding hydrogens is 244 g/mol. The SMILES string of the molecule is COC1(CC(=O)Cc2ccc(Cl)s2)CCC1. The van der Waals surface area contributed by atoms with Crippen molar-refractivity contribution >= 4 is 28.7 Å². The number of thiophene rings is 1. The number of hydrogen-bond acceptors (Lipinski definition) is 3. The second kappa shape index (κ2) is 4.86. The third-order valence-corrected chi connectivity index (χ3v) is 4.45. The summed E-state index contributed by atoms with van der Waals surface area (Å²) in [5.41, 5.74) is -0.155. The molecule has 1 aromatic heterocycles. The molecule has 0 amide bonds. The number of ketones is 1. The lowest BCUT2D eigenvalue weighted by Crippen LogP contribution is -2.41. The number of rotatable bonds is 5. The fraction of sp³-hybridized carbons (Fsp3) is 0.583. The van der Waals surface area contributed by atoms with Crippen molar-refractivity contribution in [1.82, 2.24) is 0 Å². The predicted molar refractivity (Wildman–Crippen MR) is 66.2 cm³/mol. The van der Waals surface area contributed by atoms with E-state index in [0.29, 0.717) is 12.8 Å². The molecule has 0 atom stereocenters. The van der Waals surface area contributed by atoms with Gasteiger partial charge in [-0.3, -0.25) is 4.79 Å². The van der Waals surface area contributed by atoms with Crippen LogP contribution in [0.15, 0.2) is 12.1 Å². The van der Waals surface area contributed by atoms with Gasteiger partial charge in [-0.2, -0.15) is 0 Å². The molecule has 0 unspecified atom stereocenters. The molecule has 88 valence electrons. The first-order valence-electron chi connectivity index (χ1n) is 5.45. The number of methoxy groups -OCH3 is 1. The molecule has 1 heterocycles. The molecule has 1 saturated carbocycles. The van der Waals surface area contributed by atoms with Crippen LogP contribution in [0, 0.1) is 0 Å². The molecule has 1 aromatic rings. The minimum absolute atomic E-state index is 0.155. The molecule has 2 rings (SSSR count). The number of carbonyl (C=O) groups excluding carboxylic acids is 1. The van der Waals surface area contributed by atoms with Crippen LogP contribution in [0.4, 0.5) is 0 Å². The monoisotopic (exact) mass is 258 g/mol. The van der Waals surface area contributed by atoms with Crippen LogP contribution in [0.2, 0.25) is 4.34 Å². The molecule has 1 aliphatic carbocycles. The maximum Gasteiger partial charge on any atom is 0.140 e. The van der Waals surface area contributed by atoms with Gasteiger partial charge in [0.2, 0.25) is 0 Å². The highest BCUT2D eigenvalue weighted by molar-refractivity contribution is 7.16. The molecule has 0 saturated heterocycles. The molecular formula is C12H15ClO2S. The molecule has 16 heavy (non-hydrogen) atoms. The van der Waals surface area contributed by atoms with Gasteiger partial charge in [0.05, 0.1) is 9.94 Å². The predicted octanol–water partition coefficient (Wildman–Crippen LogP) is 3.47. The van der Waals surface area contributed by atoms with E-state index in [-0.39, 0.29) is 11.4 Å². The Labute approximate surface area is 105 Å². The van der Waals surface area contributed by atoms with E-state index < -0.39 is 0 Å². The van der Waals surface area contributed by atoms with Gasteiger partial charge in [0.15, 0.2) is 0 Å². The summed E-state index contributed by atoms with van der Waals surface area (Å²) in [6.07, 6.45) is 4.23. The van der Waals surface area contributed by atoms with Gasteiger partial charge in [-0.25, -0.2) is 0 Å². The third kappa shape index (κ3) is 2.65. The molecule has 1 aliphatic rings. The van der Waals surface area contributed by atoms with Gasteiger partial charge in [-0.15, -0.1) is 11.3 Å². The van der Waals surface area contributed by atoms with Crippen LogP contribution in [0.1, 0.15) is 30.6 Å².